The zero-order valence-corrected chi connectivity index (χ0v) is 19.8. The predicted molar refractivity (Wildman–Crippen MR) is 125 cm³/mol. The van der Waals surface area contributed by atoms with E-state index in [-0.39, 0.29) is 10.9 Å². The third-order valence-corrected chi connectivity index (χ3v) is 7.32. The van der Waals surface area contributed by atoms with E-state index in [4.69, 9.17) is 0 Å². The lowest BCUT2D eigenvalue weighted by molar-refractivity contribution is 0.200. The number of amidine groups is 1. The first-order valence-corrected chi connectivity index (χ1v) is 12.6. The lowest BCUT2D eigenvalue weighted by Gasteiger charge is -2.24. The summed E-state index contributed by atoms with van der Waals surface area (Å²) in [4.78, 5) is 16.6. The van der Waals surface area contributed by atoms with Crippen LogP contribution < -0.4 is 5.32 Å². The van der Waals surface area contributed by atoms with Crippen molar-refractivity contribution in [1.29, 1.82) is 0 Å². The van der Waals surface area contributed by atoms with E-state index in [1.807, 2.05) is 41.0 Å². The summed E-state index contributed by atoms with van der Waals surface area (Å²) in [6.07, 6.45) is 2.62. The van der Waals surface area contributed by atoms with Gasteiger partial charge in [-0.1, -0.05) is 45.0 Å². The third-order valence-electron chi connectivity index (χ3n) is 5.85. The molecular weight excluding hydrogens is 412 g/mol. The van der Waals surface area contributed by atoms with Gasteiger partial charge in [-0.3, -0.25) is 0 Å². The number of urea groups is 1. The molecule has 0 saturated carbocycles. The Balaban J connectivity index is 1.72. The first kappa shape index (κ1) is 23.3. The quantitative estimate of drug-likeness (QED) is 0.751. The zero-order valence-electron chi connectivity index (χ0n) is 19.0. The van der Waals surface area contributed by atoms with Crippen molar-refractivity contribution in [3.63, 3.8) is 0 Å². The van der Waals surface area contributed by atoms with Gasteiger partial charge in [0, 0.05) is 38.3 Å². The van der Waals surface area contributed by atoms with E-state index in [1.54, 1.807) is 0 Å². The first-order valence-electron chi connectivity index (χ1n) is 11.2. The van der Waals surface area contributed by atoms with Crippen molar-refractivity contribution in [2.45, 2.75) is 47.0 Å². The highest BCUT2D eigenvalue weighted by Crippen LogP contribution is 2.34. The molecular formula is C23H34N4O3S. The smallest absolute Gasteiger partial charge is 0.317 e. The minimum absolute atomic E-state index is 0.0487. The van der Waals surface area contributed by atoms with E-state index in [9.17, 15) is 13.2 Å². The summed E-state index contributed by atoms with van der Waals surface area (Å²) in [5.74, 6) is 1.06. The fraction of sp³-hybridized carbons (Fsp3) is 0.565. The number of sulfonamides is 1. The molecule has 0 spiro atoms. The van der Waals surface area contributed by atoms with E-state index in [2.05, 4.69) is 30.5 Å². The summed E-state index contributed by atoms with van der Waals surface area (Å²) in [6.45, 7) is 11.3. The summed E-state index contributed by atoms with van der Waals surface area (Å²) >= 11 is 0. The van der Waals surface area contributed by atoms with Crippen molar-refractivity contribution in [3.05, 3.63) is 41.0 Å². The number of amides is 2. The standard InChI is InChI=1S/C23H34N4O3S/c1-5-19-7-9-20(10-8-19)21-18(4)22(25-31(21,29)30)26-13-6-14-27(16-15-26)23(28)24-12-11-17(2)3/h7-10,17H,5-6,11-16H2,1-4H3,(H,24,28). The average Bonchev–Trinajstić information content (AvgIpc) is 2.88. The molecule has 1 saturated heterocycles. The fourth-order valence-electron chi connectivity index (χ4n) is 3.99. The molecule has 0 unspecified atom stereocenters. The molecule has 1 aromatic carbocycles. The van der Waals surface area contributed by atoms with Crippen LogP contribution in [0.3, 0.4) is 0 Å². The number of nitrogens with one attached hydrogen (secondary N) is 1. The Morgan fingerprint density at radius 2 is 1.84 bits per heavy atom. The summed E-state index contributed by atoms with van der Waals surface area (Å²) in [5.41, 5.74) is 2.52. The molecule has 3 rings (SSSR count). The molecule has 2 amide bonds. The molecule has 2 aliphatic heterocycles. The zero-order chi connectivity index (χ0) is 22.6. The van der Waals surface area contributed by atoms with Gasteiger partial charge in [-0.15, -0.1) is 4.40 Å². The molecule has 2 heterocycles. The van der Waals surface area contributed by atoms with Gasteiger partial charge >= 0.3 is 6.03 Å². The number of rotatable bonds is 5. The maximum absolute atomic E-state index is 12.9. The Morgan fingerprint density at radius 1 is 1.13 bits per heavy atom. The van der Waals surface area contributed by atoms with Gasteiger partial charge in [-0.25, -0.2) is 4.79 Å². The van der Waals surface area contributed by atoms with Crippen LogP contribution in [0.4, 0.5) is 4.79 Å². The first-order chi connectivity index (χ1) is 14.7. The van der Waals surface area contributed by atoms with Gasteiger partial charge in [-0.2, -0.15) is 8.42 Å². The lowest BCUT2D eigenvalue weighted by Crippen LogP contribution is -2.43. The SMILES string of the molecule is CCc1ccc(C2=C(C)C(N3CCCN(C(=O)NCCC(C)C)CC3)=NS2(=O)=O)cc1. The van der Waals surface area contributed by atoms with Crippen LogP contribution in [0.25, 0.3) is 4.91 Å². The molecule has 1 fully saturated rings. The molecule has 0 radical (unpaired) electrons. The van der Waals surface area contributed by atoms with E-state index >= 15 is 0 Å². The van der Waals surface area contributed by atoms with Crippen molar-refractivity contribution in [3.8, 4) is 0 Å². The van der Waals surface area contributed by atoms with Crippen molar-refractivity contribution in [2.75, 3.05) is 32.7 Å². The van der Waals surface area contributed by atoms with Crippen LogP contribution in [0.5, 0.6) is 0 Å². The number of benzene rings is 1. The van der Waals surface area contributed by atoms with Crippen LogP contribution in [0.2, 0.25) is 0 Å². The molecule has 0 atom stereocenters. The number of hydrogen-bond acceptors (Lipinski definition) is 4. The monoisotopic (exact) mass is 446 g/mol. The summed E-state index contributed by atoms with van der Waals surface area (Å²) in [7, 11) is -3.74. The molecule has 1 aromatic rings. The number of aryl methyl sites for hydroxylation is 1. The Hall–Kier alpha value is -2.35. The Labute approximate surface area is 186 Å². The van der Waals surface area contributed by atoms with Crippen LogP contribution in [0.1, 0.15) is 51.7 Å². The molecule has 1 N–H and O–H groups in total. The Bertz CT molecular complexity index is 965. The maximum atomic E-state index is 12.9. The topological polar surface area (TPSA) is 82.1 Å². The molecule has 8 heteroatoms. The molecule has 0 aliphatic carbocycles. The predicted octanol–water partition coefficient (Wildman–Crippen LogP) is 3.49. The van der Waals surface area contributed by atoms with E-state index < -0.39 is 10.0 Å². The normalized spacial score (nSPS) is 18.9. The lowest BCUT2D eigenvalue weighted by atomic mass is 10.1. The minimum atomic E-state index is -3.74. The van der Waals surface area contributed by atoms with Gasteiger partial charge in [0.05, 0.1) is 0 Å². The molecule has 170 valence electrons. The summed E-state index contributed by atoms with van der Waals surface area (Å²) in [6, 6.07) is 7.60. The second kappa shape index (κ2) is 9.85. The van der Waals surface area contributed by atoms with Gasteiger partial charge in [0.1, 0.15) is 10.7 Å². The highest BCUT2D eigenvalue weighted by Gasteiger charge is 2.34. The maximum Gasteiger partial charge on any atom is 0.317 e. The molecule has 0 bridgehead atoms. The van der Waals surface area contributed by atoms with Crippen molar-refractivity contribution >= 4 is 26.8 Å². The number of carbonyl (C=O) groups is 1. The fourth-order valence-corrected chi connectivity index (χ4v) is 5.47. The third kappa shape index (κ3) is 5.47. The summed E-state index contributed by atoms with van der Waals surface area (Å²) in [5, 5.41) is 2.99. The molecule has 7 nitrogen and oxygen atoms in total. The van der Waals surface area contributed by atoms with Gasteiger partial charge in [0.25, 0.3) is 10.0 Å². The van der Waals surface area contributed by atoms with Crippen LogP contribution >= 0.6 is 0 Å². The highest BCUT2D eigenvalue weighted by atomic mass is 32.2. The van der Waals surface area contributed by atoms with Crippen LogP contribution in [-0.2, 0) is 16.4 Å². The van der Waals surface area contributed by atoms with Crippen LogP contribution in [0, 0.1) is 5.92 Å². The van der Waals surface area contributed by atoms with Gasteiger partial charge < -0.3 is 15.1 Å². The van der Waals surface area contributed by atoms with E-state index in [0.717, 1.165) is 24.8 Å². The van der Waals surface area contributed by atoms with Gasteiger partial charge in [0.15, 0.2) is 0 Å². The van der Waals surface area contributed by atoms with E-state index in [1.165, 1.54) is 0 Å². The van der Waals surface area contributed by atoms with Crippen molar-refractivity contribution in [1.82, 2.24) is 15.1 Å². The van der Waals surface area contributed by atoms with Crippen LogP contribution in [-0.4, -0.2) is 62.8 Å². The minimum Gasteiger partial charge on any atom is -0.354 e. The highest BCUT2D eigenvalue weighted by molar-refractivity contribution is 8.00. The Kier molecular flexibility index (Phi) is 7.41. The second-order valence-corrected chi connectivity index (χ2v) is 10.2. The van der Waals surface area contributed by atoms with Crippen molar-refractivity contribution in [2.24, 2.45) is 10.3 Å². The number of carbonyl (C=O) groups excluding carboxylic acids is 1. The van der Waals surface area contributed by atoms with Gasteiger partial charge in [-0.05, 0) is 43.2 Å². The number of nitrogens with zero attached hydrogens (tertiary/aromatic N) is 3. The molecule has 31 heavy (non-hydrogen) atoms. The summed E-state index contributed by atoms with van der Waals surface area (Å²) < 4.78 is 29.9. The molecule has 0 aromatic heterocycles. The largest absolute Gasteiger partial charge is 0.354 e. The van der Waals surface area contributed by atoms with Crippen LogP contribution in [0.15, 0.2) is 34.2 Å². The number of hydrogen-bond donors (Lipinski definition) is 1. The second-order valence-electron chi connectivity index (χ2n) is 8.64. The average molecular weight is 447 g/mol. The molecule has 2 aliphatic rings. The Morgan fingerprint density at radius 3 is 2.48 bits per heavy atom. The van der Waals surface area contributed by atoms with Gasteiger partial charge in [0.2, 0.25) is 0 Å². The van der Waals surface area contributed by atoms with E-state index in [0.29, 0.717) is 55.6 Å². The van der Waals surface area contributed by atoms with Crippen molar-refractivity contribution < 1.29 is 13.2 Å².